The SMILES string of the molecule is O=C(NCc1ccc(C(=O)N2CCOCC2)cc1)c1cccc(Cl)c1Cl. The Labute approximate surface area is 161 Å². The number of ether oxygens (including phenoxy) is 1. The second-order valence-corrected chi connectivity index (χ2v) is 6.67. The number of amides is 2. The minimum absolute atomic E-state index is 0.00500. The van der Waals surface area contributed by atoms with E-state index in [1.165, 1.54) is 0 Å². The standard InChI is InChI=1S/C19H18Cl2N2O3/c20-16-3-1-2-15(17(16)21)18(24)22-12-13-4-6-14(7-5-13)19(25)23-8-10-26-11-9-23/h1-7H,8-12H2,(H,22,24). The molecule has 136 valence electrons. The summed E-state index contributed by atoms with van der Waals surface area (Å²) in [7, 11) is 0. The van der Waals surface area contributed by atoms with Gasteiger partial charge in [-0.2, -0.15) is 0 Å². The summed E-state index contributed by atoms with van der Waals surface area (Å²) in [5.74, 6) is -0.305. The number of hydrogen-bond acceptors (Lipinski definition) is 3. The maximum atomic E-state index is 12.4. The Bertz CT molecular complexity index is 803. The van der Waals surface area contributed by atoms with E-state index in [0.717, 1.165) is 5.56 Å². The van der Waals surface area contributed by atoms with Crippen LogP contribution >= 0.6 is 23.2 Å². The van der Waals surface area contributed by atoms with Gasteiger partial charge in [0.1, 0.15) is 0 Å². The number of nitrogens with zero attached hydrogens (tertiary/aromatic N) is 1. The Balaban J connectivity index is 1.60. The highest BCUT2D eigenvalue weighted by molar-refractivity contribution is 6.43. The third-order valence-corrected chi connectivity index (χ3v) is 4.97. The van der Waals surface area contributed by atoms with Gasteiger partial charge in [0.2, 0.25) is 0 Å². The van der Waals surface area contributed by atoms with E-state index in [1.54, 1.807) is 35.2 Å². The van der Waals surface area contributed by atoms with Crippen molar-refractivity contribution in [3.8, 4) is 0 Å². The Morgan fingerprint density at radius 3 is 2.42 bits per heavy atom. The van der Waals surface area contributed by atoms with Crippen molar-refractivity contribution in [2.75, 3.05) is 26.3 Å². The zero-order chi connectivity index (χ0) is 18.5. The van der Waals surface area contributed by atoms with Crippen molar-refractivity contribution in [3.05, 3.63) is 69.2 Å². The van der Waals surface area contributed by atoms with E-state index in [1.807, 2.05) is 12.1 Å². The van der Waals surface area contributed by atoms with E-state index in [9.17, 15) is 9.59 Å². The molecule has 3 rings (SSSR count). The highest BCUT2D eigenvalue weighted by atomic mass is 35.5. The van der Waals surface area contributed by atoms with Gasteiger partial charge in [-0.3, -0.25) is 9.59 Å². The molecule has 0 spiro atoms. The summed E-state index contributed by atoms with van der Waals surface area (Å²) < 4.78 is 5.26. The lowest BCUT2D eigenvalue weighted by Gasteiger charge is -2.26. The molecule has 2 aromatic rings. The smallest absolute Gasteiger partial charge is 0.254 e. The lowest BCUT2D eigenvalue weighted by molar-refractivity contribution is 0.0303. The van der Waals surface area contributed by atoms with Crippen molar-refractivity contribution in [3.63, 3.8) is 0 Å². The first kappa shape index (κ1) is 18.7. The Morgan fingerprint density at radius 1 is 1.04 bits per heavy atom. The maximum absolute atomic E-state index is 12.4. The lowest BCUT2D eigenvalue weighted by atomic mass is 10.1. The molecule has 1 N–H and O–H groups in total. The topological polar surface area (TPSA) is 58.6 Å². The Kier molecular flexibility index (Phi) is 6.14. The first-order valence-electron chi connectivity index (χ1n) is 8.24. The number of hydrogen-bond donors (Lipinski definition) is 1. The number of carbonyl (C=O) groups is 2. The molecular formula is C19H18Cl2N2O3. The predicted octanol–water partition coefficient (Wildman–Crippen LogP) is 3.40. The average molecular weight is 393 g/mol. The molecule has 1 aliphatic rings. The number of carbonyl (C=O) groups excluding carboxylic acids is 2. The fraction of sp³-hybridized carbons (Fsp3) is 0.263. The van der Waals surface area contributed by atoms with E-state index in [4.69, 9.17) is 27.9 Å². The predicted molar refractivity (Wildman–Crippen MR) is 101 cm³/mol. The zero-order valence-corrected chi connectivity index (χ0v) is 15.5. The van der Waals surface area contributed by atoms with Crippen LogP contribution < -0.4 is 5.32 Å². The minimum Gasteiger partial charge on any atom is -0.378 e. The van der Waals surface area contributed by atoms with Crippen LogP contribution in [0.2, 0.25) is 10.0 Å². The van der Waals surface area contributed by atoms with E-state index >= 15 is 0 Å². The first-order chi connectivity index (χ1) is 12.6. The summed E-state index contributed by atoms with van der Waals surface area (Å²) in [5.41, 5.74) is 1.84. The van der Waals surface area contributed by atoms with Crippen LogP contribution in [0.4, 0.5) is 0 Å². The molecule has 5 nitrogen and oxygen atoms in total. The lowest BCUT2D eigenvalue weighted by Crippen LogP contribution is -2.40. The highest BCUT2D eigenvalue weighted by Crippen LogP contribution is 2.25. The second kappa shape index (κ2) is 8.54. The van der Waals surface area contributed by atoms with Gasteiger partial charge < -0.3 is 15.0 Å². The molecule has 2 amide bonds. The third kappa shape index (κ3) is 4.36. The van der Waals surface area contributed by atoms with Gasteiger partial charge >= 0.3 is 0 Å². The summed E-state index contributed by atoms with van der Waals surface area (Å²) in [4.78, 5) is 26.4. The van der Waals surface area contributed by atoms with Crippen LogP contribution in [0.15, 0.2) is 42.5 Å². The molecule has 1 saturated heterocycles. The van der Waals surface area contributed by atoms with Crippen LogP contribution in [0.1, 0.15) is 26.3 Å². The molecule has 0 unspecified atom stereocenters. The van der Waals surface area contributed by atoms with Gasteiger partial charge in [-0.25, -0.2) is 0 Å². The zero-order valence-electron chi connectivity index (χ0n) is 14.0. The first-order valence-corrected chi connectivity index (χ1v) is 9.00. The average Bonchev–Trinajstić information content (AvgIpc) is 2.69. The quantitative estimate of drug-likeness (QED) is 0.867. The van der Waals surface area contributed by atoms with Gasteiger partial charge in [0.25, 0.3) is 11.8 Å². The second-order valence-electron chi connectivity index (χ2n) is 5.89. The van der Waals surface area contributed by atoms with Crippen molar-refractivity contribution < 1.29 is 14.3 Å². The van der Waals surface area contributed by atoms with Crippen LogP contribution in [0, 0.1) is 0 Å². The number of benzene rings is 2. The molecule has 0 radical (unpaired) electrons. The Morgan fingerprint density at radius 2 is 1.73 bits per heavy atom. The summed E-state index contributed by atoms with van der Waals surface area (Å²) >= 11 is 12.0. The summed E-state index contributed by atoms with van der Waals surface area (Å²) in [5, 5.41) is 3.37. The number of morpholine rings is 1. The van der Waals surface area contributed by atoms with Gasteiger partial charge in [-0.15, -0.1) is 0 Å². The van der Waals surface area contributed by atoms with Crippen LogP contribution in [0.25, 0.3) is 0 Å². The molecule has 1 heterocycles. The van der Waals surface area contributed by atoms with Gasteiger partial charge in [0.05, 0.1) is 28.8 Å². The monoisotopic (exact) mass is 392 g/mol. The molecule has 0 atom stereocenters. The molecule has 0 aromatic heterocycles. The van der Waals surface area contributed by atoms with E-state index in [-0.39, 0.29) is 16.8 Å². The highest BCUT2D eigenvalue weighted by Gasteiger charge is 2.18. The fourth-order valence-electron chi connectivity index (χ4n) is 2.67. The minimum atomic E-state index is -0.300. The number of halogens is 2. The van der Waals surface area contributed by atoms with E-state index in [0.29, 0.717) is 49.0 Å². The van der Waals surface area contributed by atoms with Crippen molar-refractivity contribution in [2.45, 2.75) is 6.54 Å². The number of rotatable bonds is 4. The van der Waals surface area contributed by atoms with Gasteiger partial charge in [0.15, 0.2) is 0 Å². The van der Waals surface area contributed by atoms with Crippen LogP contribution in [-0.4, -0.2) is 43.0 Å². The third-order valence-electron chi connectivity index (χ3n) is 4.15. The summed E-state index contributed by atoms with van der Waals surface area (Å²) in [6.07, 6.45) is 0. The molecular weight excluding hydrogens is 375 g/mol. The summed E-state index contributed by atoms with van der Waals surface area (Å²) in [6.45, 7) is 2.69. The number of nitrogens with one attached hydrogen (secondary N) is 1. The van der Waals surface area contributed by atoms with Gasteiger partial charge in [0, 0.05) is 25.2 Å². The van der Waals surface area contributed by atoms with E-state index in [2.05, 4.69) is 5.32 Å². The maximum Gasteiger partial charge on any atom is 0.254 e. The van der Waals surface area contributed by atoms with Crippen LogP contribution in [0.5, 0.6) is 0 Å². The van der Waals surface area contributed by atoms with Gasteiger partial charge in [-0.1, -0.05) is 41.4 Å². The molecule has 26 heavy (non-hydrogen) atoms. The van der Waals surface area contributed by atoms with Crippen molar-refractivity contribution >= 4 is 35.0 Å². The molecule has 1 aliphatic heterocycles. The molecule has 7 heteroatoms. The van der Waals surface area contributed by atoms with Crippen molar-refractivity contribution in [2.24, 2.45) is 0 Å². The van der Waals surface area contributed by atoms with Crippen LogP contribution in [-0.2, 0) is 11.3 Å². The van der Waals surface area contributed by atoms with E-state index < -0.39 is 0 Å². The molecule has 0 saturated carbocycles. The molecule has 2 aromatic carbocycles. The molecule has 0 aliphatic carbocycles. The summed E-state index contributed by atoms with van der Waals surface area (Å²) in [6, 6.07) is 12.1. The van der Waals surface area contributed by atoms with Crippen molar-refractivity contribution in [1.82, 2.24) is 10.2 Å². The normalized spacial score (nSPS) is 14.2. The Hall–Kier alpha value is -2.08. The van der Waals surface area contributed by atoms with Crippen LogP contribution in [0.3, 0.4) is 0 Å². The molecule has 1 fully saturated rings. The largest absolute Gasteiger partial charge is 0.378 e. The van der Waals surface area contributed by atoms with Crippen molar-refractivity contribution in [1.29, 1.82) is 0 Å². The van der Waals surface area contributed by atoms with Gasteiger partial charge in [-0.05, 0) is 29.8 Å². The fourth-order valence-corrected chi connectivity index (χ4v) is 3.06. The molecule has 0 bridgehead atoms.